The topological polar surface area (TPSA) is 58.6 Å². The quantitative estimate of drug-likeness (QED) is 0.901. The summed E-state index contributed by atoms with van der Waals surface area (Å²) in [6.45, 7) is 0.831. The summed E-state index contributed by atoms with van der Waals surface area (Å²) in [4.78, 5) is 25.1. The second-order valence-electron chi connectivity index (χ2n) is 4.82. The molecule has 1 atom stereocenters. The maximum absolute atomic E-state index is 11.9. The number of hydrogen-bond acceptors (Lipinski definition) is 4. The number of rotatable bonds is 3. The van der Waals surface area contributed by atoms with Crippen LogP contribution in [0.15, 0.2) is 18.2 Å². The largest absolute Gasteiger partial charge is 0.493 e. The lowest BCUT2D eigenvalue weighted by Crippen LogP contribution is -2.37. The van der Waals surface area contributed by atoms with Crippen molar-refractivity contribution in [3.63, 3.8) is 0 Å². The van der Waals surface area contributed by atoms with Crippen molar-refractivity contribution in [1.29, 1.82) is 0 Å². The highest BCUT2D eigenvalue weighted by atomic mass is 32.2. The van der Waals surface area contributed by atoms with Crippen molar-refractivity contribution in [1.82, 2.24) is 10.2 Å². The number of carbonyl (C=O) groups excluding carboxylic acids is 2. The summed E-state index contributed by atoms with van der Waals surface area (Å²) in [6.07, 6.45) is 0.907. The molecule has 0 aromatic heterocycles. The lowest BCUT2D eigenvalue weighted by Gasteiger charge is -2.23. The Labute approximate surface area is 121 Å². The van der Waals surface area contributed by atoms with Crippen LogP contribution in [0.4, 0.5) is 0 Å². The summed E-state index contributed by atoms with van der Waals surface area (Å²) >= 11 is 1.57. The van der Waals surface area contributed by atoms with Crippen LogP contribution in [0.2, 0.25) is 0 Å². The van der Waals surface area contributed by atoms with Gasteiger partial charge in [-0.25, -0.2) is 0 Å². The van der Waals surface area contributed by atoms with Crippen molar-refractivity contribution in [3.05, 3.63) is 29.3 Å². The van der Waals surface area contributed by atoms with Crippen LogP contribution in [0, 0.1) is 0 Å². The molecule has 0 spiro atoms. The van der Waals surface area contributed by atoms with Gasteiger partial charge in [0.25, 0.3) is 0 Å². The SMILES string of the molecule is CNC(=O)CN1C(=O)CSC1c1ccc2c(c1)CCO2. The highest BCUT2D eigenvalue weighted by Crippen LogP contribution is 2.40. The van der Waals surface area contributed by atoms with Crippen LogP contribution in [-0.2, 0) is 16.0 Å². The zero-order valence-electron chi connectivity index (χ0n) is 11.2. The van der Waals surface area contributed by atoms with Gasteiger partial charge in [-0.15, -0.1) is 11.8 Å². The van der Waals surface area contributed by atoms with E-state index in [0.29, 0.717) is 5.75 Å². The molecule has 2 aliphatic heterocycles. The molecule has 1 N–H and O–H groups in total. The van der Waals surface area contributed by atoms with E-state index >= 15 is 0 Å². The zero-order chi connectivity index (χ0) is 14.1. The first-order valence-corrected chi connectivity index (χ1v) is 7.61. The summed E-state index contributed by atoms with van der Waals surface area (Å²) in [5.41, 5.74) is 2.25. The fourth-order valence-corrected chi connectivity index (χ4v) is 3.67. The summed E-state index contributed by atoms with van der Waals surface area (Å²) < 4.78 is 5.49. The van der Waals surface area contributed by atoms with Gasteiger partial charge in [-0.2, -0.15) is 0 Å². The molecule has 1 saturated heterocycles. The monoisotopic (exact) mass is 292 g/mol. The van der Waals surface area contributed by atoms with Crippen molar-refractivity contribution in [2.75, 3.05) is 26.0 Å². The van der Waals surface area contributed by atoms with E-state index in [1.54, 1.807) is 23.7 Å². The number of ether oxygens (including phenoxy) is 1. The lowest BCUT2D eigenvalue weighted by molar-refractivity contribution is -0.133. The highest BCUT2D eigenvalue weighted by molar-refractivity contribution is 8.00. The van der Waals surface area contributed by atoms with E-state index in [-0.39, 0.29) is 23.7 Å². The van der Waals surface area contributed by atoms with Crippen LogP contribution >= 0.6 is 11.8 Å². The van der Waals surface area contributed by atoms with Gasteiger partial charge in [0, 0.05) is 13.5 Å². The normalized spacial score (nSPS) is 20.8. The van der Waals surface area contributed by atoms with Crippen molar-refractivity contribution < 1.29 is 14.3 Å². The Balaban J connectivity index is 1.84. The molecule has 3 rings (SSSR count). The van der Waals surface area contributed by atoms with E-state index in [0.717, 1.165) is 24.3 Å². The third-order valence-electron chi connectivity index (χ3n) is 3.56. The Bertz CT molecular complexity index is 561. The third-order valence-corrected chi connectivity index (χ3v) is 4.82. The molecule has 2 heterocycles. The molecule has 1 aromatic carbocycles. The summed E-state index contributed by atoms with van der Waals surface area (Å²) in [5.74, 6) is 1.23. The Morgan fingerprint density at radius 3 is 3.20 bits per heavy atom. The number of carbonyl (C=O) groups is 2. The van der Waals surface area contributed by atoms with Gasteiger partial charge in [-0.1, -0.05) is 6.07 Å². The molecule has 1 aromatic rings. The van der Waals surface area contributed by atoms with Crippen molar-refractivity contribution in [2.24, 2.45) is 0 Å². The Hall–Kier alpha value is -1.69. The summed E-state index contributed by atoms with van der Waals surface area (Å²) in [6, 6.07) is 6.03. The van der Waals surface area contributed by atoms with Gasteiger partial charge < -0.3 is 15.0 Å². The average molecular weight is 292 g/mol. The Morgan fingerprint density at radius 2 is 2.40 bits per heavy atom. The molecule has 5 nitrogen and oxygen atoms in total. The molecule has 20 heavy (non-hydrogen) atoms. The van der Waals surface area contributed by atoms with E-state index in [1.807, 2.05) is 12.1 Å². The van der Waals surface area contributed by atoms with Gasteiger partial charge in [0.15, 0.2) is 0 Å². The predicted molar refractivity (Wildman–Crippen MR) is 76.6 cm³/mol. The minimum atomic E-state index is -0.143. The number of fused-ring (bicyclic) bond motifs is 1. The number of thioether (sulfide) groups is 1. The van der Waals surface area contributed by atoms with Crippen molar-refractivity contribution >= 4 is 23.6 Å². The van der Waals surface area contributed by atoms with Crippen LogP contribution in [0.1, 0.15) is 16.5 Å². The molecule has 106 valence electrons. The maximum Gasteiger partial charge on any atom is 0.239 e. The summed E-state index contributed by atoms with van der Waals surface area (Å²) in [5, 5.41) is 2.49. The molecule has 1 fully saturated rings. The smallest absolute Gasteiger partial charge is 0.239 e. The molecular weight excluding hydrogens is 276 g/mol. The Kier molecular flexibility index (Phi) is 3.56. The van der Waals surface area contributed by atoms with E-state index in [1.165, 1.54) is 5.56 Å². The fourth-order valence-electron chi connectivity index (χ4n) is 2.50. The first-order valence-electron chi connectivity index (χ1n) is 6.56. The third kappa shape index (κ3) is 2.35. The number of hydrogen-bond donors (Lipinski definition) is 1. The minimum Gasteiger partial charge on any atom is -0.493 e. The number of nitrogens with one attached hydrogen (secondary N) is 1. The maximum atomic E-state index is 11.9. The number of nitrogens with zero attached hydrogens (tertiary/aromatic N) is 1. The molecule has 2 amide bonds. The number of amides is 2. The van der Waals surface area contributed by atoms with Gasteiger partial charge in [-0.05, 0) is 23.3 Å². The predicted octanol–water partition coefficient (Wildman–Crippen LogP) is 0.942. The van der Waals surface area contributed by atoms with Gasteiger partial charge in [0.05, 0.1) is 12.4 Å². The van der Waals surface area contributed by atoms with Crippen LogP contribution in [0.25, 0.3) is 0 Å². The van der Waals surface area contributed by atoms with Crippen molar-refractivity contribution in [3.8, 4) is 5.75 Å². The molecule has 0 bridgehead atoms. The van der Waals surface area contributed by atoms with E-state index in [2.05, 4.69) is 11.4 Å². The molecule has 0 saturated carbocycles. The molecular formula is C14H16N2O3S. The van der Waals surface area contributed by atoms with Crippen LogP contribution in [0.3, 0.4) is 0 Å². The summed E-state index contributed by atoms with van der Waals surface area (Å²) in [7, 11) is 1.58. The molecule has 2 aliphatic rings. The molecule has 1 unspecified atom stereocenters. The average Bonchev–Trinajstić information content (AvgIpc) is 3.05. The van der Waals surface area contributed by atoms with Crippen LogP contribution in [0.5, 0.6) is 5.75 Å². The van der Waals surface area contributed by atoms with Crippen LogP contribution < -0.4 is 10.1 Å². The second kappa shape index (κ2) is 5.36. The van der Waals surface area contributed by atoms with Gasteiger partial charge >= 0.3 is 0 Å². The van der Waals surface area contributed by atoms with Crippen molar-refractivity contribution in [2.45, 2.75) is 11.8 Å². The van der Waals surface area contributed by atoms with E-state index in [9.17, 15) is 9.59 Å². The fraction of sp³-hybridized carbons (Fsp3) is 0.429. The zero-order valence-corrected chi connectivity index (χ0v) is 12.0. The Morgan fingerprint density at radius 1 is 1.55 bits per heavy atom. The molecule has 0 aliphatic carbocycles. The number of likely N-dealkylation sites (N-methyl/N-ethyl adjacent to an activating group) is 1. The van der Waals surface area contributed by atoms with E-state index < -0.39 is 0 Å². The van der Waals surface area contributed by atoms with E-state index in [4.69, 9.17) is 4.74 Å². The van der Waals surface area contributed by atoms with Gasteiger partial charge in [-0.3, -0.25) is 9.59 Å². The number of benzene rings is 1. The highest BCUT2D eigenvalue weighted by Gasteiger charge is 2.34. The first kappa shape index (κ1) is 13.3. The standard InChI is InChI=1S/C14H16N2O3S/c1-15-12(17)7-16-13(18)8-20-14(16)10-2-3-11-9(6-10)4-5-19-11/h2-3,6,14H,4-5,7-8H2,1H3,(H,15,17). The van der Waals surface area contributed by atoms with Gasteiger partial charge in [0.2, 0.25) is 11.8 Å². The molecule has 0 radical (unpaired) electrons. The minimum absolute atomic E-state index is 0.0142. The lowest BCUT2D eigenvalue weighted by atomic mass is 10.1. The first-order chi connectivity index (χ1) is 9.69. The molecule has 6 heteroatoms. The second-order valence-corrected chi connectivity index (χ2v) is 5.89. The van der Waals surface area contributed by atoms with Gasteiger partial charge in [0.1, 0.15) is 17.7 Å². The van der Waals surface area contributed by atoms with Crippen LogP contribution in [-0.4, -0.2) is 42.7 Å².